The molecule has 0 radical (unpaired) electrons. The van der Waals surface area contributed by atoms with Crippen LogP contribution in [0.1, 0.15) is 113 Å². The monoisotopic (exact) mass is 794 g/mol. The molecule has 0 spiro atoms. The standard InChI is InChI=1S/C42H66O14/c1-19-26(44)27(45)29(47)34(53-19)55-31-28(46)30(48)35(56-32(31)33(49)50)54-25-12-13-39(6)22(38(25,4)5)11-14-40(7)23(39)10-9-20-21-17-37(2,3)15-16-42(21,36(51)52)24(43)18-41(20,40)8/h9,19,21-32,34-35,43-48H,10-18H2,1-8H3,(H,49,50)(H,51,52)/t19-,21-,22+,23+,24+,25-,26-,27+,28+,29+,30+,31-,32-,34-,35+,39-,40+,41+,42+/m0/s1. The van der Waals surface area contributed by atoms with Gasteiger partial charge in [0.15, 0.2) is 18.7 Å². The molecule has 2 aliphatic heterocycles. The molecule has 14 nitrogen and oxygen atoms in total. The molecule has 0 bridgehead atoms. The highest BCUT2D eigenvalue weighted by Crippen LogP contribution is 2.76. The Morgan fingerprint density at radius 1 is 0.732 bits per heavy atom. The van der Waals surface area contributed by atoms with Crippen LogP contribution < -0.4 is 0 Å². The molecular weight excluding hydrogens is 728 g/mol. The van der Waals surface area contributed by atoms with E-state index in [1.807, 2.05) is 0 Å². The van der Waals surface area contributed by atoms with E-state index in [9.17, 15) is 50.4 Å². The molecule has 7 aliphatic rings. The second-order valence-corrected chi connectivity index (χ2v) is 20.8. The first-order valence-corrected chi connectivity index (χ1v) is 20.7. The maximum atomic E-state index is 13.1. The van der Waals surface area contributed by atoms with Crippen LogP contribution in [-0.4, -0.2) is 126 Å². The summed E-state index contributed by atoms with van der Waals surface area (Å²) >= 11 is 0. The fraction of sp³-hybridized carbons (Fsp3) is 0.905. The van der Waals surface area contributed by atoms with Crippen molar-refractivity contribution in [3.8, 4) is 0 Å². The molecule has 19 atom stereocenters. The van der Waals surface area contributed by atoms with Crippen LogP contribution in [0.25, 0.3) is 0 Å². The first kappa shape index (κ1) is 42.4. The van der Waals surface area contributed by atoms with Crippen LogP contribution in [0.2, 0.25) is 0 Å². The van der Waals surface area contributed by atoms with Crippen molar-refractivity contribution in [3.05, 3.63) is 11.6 Å². The lowest BCUT2D eigenvalue weighted by atomic mass is 9.33. The fourth-order valence-electron chi connectivity index (χ4n) is 13.7. The van der Waals surface area contributed by atoms with Gasteiger partial charge in [0.2, 0.25) is 0 Å². The summed E-state index contributed by atoms with van der Waals surface area (Å²) in [5, 5.41) is 86.2. The Hall–Kier alpha value is -1.72. The first-order chi connectivity index (χ1) is 25.9. The van der Waals surface area contributed by atoms with E-state index in [4.69, 9.17) is 18.9 Å². The van der Waals surface area contributed by atoms with E-state index in [1.165, 1.54) is 12.5 Å². The third-order valence-corrected chi connectivity index (χ3v) is 17.2. The summed E-state index contributed by atoms with van der Waals surface area (Å²) in [7, 11) is 0. The molecule has 4 saturated carbocycles. The lowest BCUT2D eigenvalue weighted by molar-refractivity contribution is -0.361. The number of carboxylic acids is 2. The van der Waals surface area contributed by atoms with Crippen molar-refractivity contribution in [2.24, 2.45) is 50.2 Å². The zero-order valence-electron chi connectivity index (χ0n) is 34.1. The first-order valence-electron chi connectivity index (χ1n) is 20.7. The van der Waals surface area contributed by atoms with Crippen LogP contribution in [-0.2, 0) is 28.5 Å². The van der Waals surface area contributed by atoms with Gasteiger partial charge in [-0.05, 0) is 110 Å². The van der Waals surface area contributed by atoms with Gasteiger partial charge in [0, 0.05) is 0 Å². The predicted molar refractivity (Wildman–Crippen MR) is 198 cm³/mol. The molecule has 0 unspecified atom stereocenters. The van der Waals surface area contributed by atoms with E-state index in [-0.39, 0.29) is 34.0 Å². The van der Waals surface area contributed by atoms with Gasteiger partial charge in [-0.25, -0.2) is 4.79 Å². The highest BCUT2D eigenvalue weighted by molar-refractivity contribution is 5.77. The van der Waals surface area contributed by atoms with Gasteiger partial charge in [-0.2, -0.15) is 0 Å². The molecule has 14 heteroatoms. The lowest BCUT2D eigenvalue weighted by Gasteiger charge is -2.71. The summed E-state index contributed by atoms with van der Waals surface area (Å²) in [6.07, 6.45) is -8.91. The van der Waals surface area contributed by atoms with Gasteiger partial charge in [-0.3, -0.25) is 4.79 Å². The quantitative estimate of drug-likeness (QED) is 0.143. The van der Waals surface area contributed by atoms with Gasteiger partial charge in [0.05, 0.1) is 18.3 Å². The zero-order chi connectivity index (χ0) is 41.3. The van der Waals surface area contributed by atoms with Gasteiger partial charge < -0.3 is 59.8 Å². The van der Waals surface area contributed by atoms with Crippen molar-refractivity contribution in [3.63, 3.8) is 0 Å². The van der Waals surface area contributed by atoms with Crippen molar-refractivity contribution in [2.75, 3.05) is 0 Å². The number of rotatable bonds is 6. The average Bonchev–Trinajstić information content (AvgIpc) is 3.10. The molecule has 56 heavy (non-hydrogen) atoms. The van der Waals surface area contributed by atoms with Crippen LogP contribution in [0, 0.1) is 50.2 Å². The number of hydrogen-bond acceptors (Lipinski definition) is 12. The zero-order valence-corrected chi connectivity index (χ0v) is 34.1. The topological polar surface area (TPSA) is 233 Å². The minimum Gasteiger partial charge on any atom is -0.481 e. The fourth-order valence-corrected chi connectivity index (χ4v) is 13.7. The van der Waals surface area contributed by atoms with Crippen molar-refractivity contribution in [2.45, 2.75) is 187 Å². The van der Waals surface area contributed by atoms with E-state index in [2.05, 4.69) is 54.5 Å². The Kier molecular flexibility index (Phi) is 10.5. The van der Waals surface area contributed by atoms with Crippen molar-refractivity contribution in [1.82, 2.24) is 0 Å². The molecule has 7 rings (SSSR count). The molecule has 2 heterocycles. The third-order valence-electron chi connectivity index (χ3n) is 17.2. The van der Waals surface area contributed by atoms with E-state index in [1.54, 1.807) is 0 Å². The second kappa shape index (κ2) is 13.9. The summed E-state index contributed by atoms with van der Waals surface area (Å²) in [4.78, 5) is 25.6. The van der Waals surface area contributed by atoms with Crippen LogP contribution >= 0.6 is 0 Å². The summed E-state index contributed by atoms with van der Waals surface area (Å²) in [5.41, 5.74) is -1.24. The molecular formula is C42H66O14. The summed E-state index contributed by atoms with van der Waals surface area (Å²) in [6.45, 7) is 17.1. The Morgan fingerprint density at radius 3 is 2.02 bits per heavy atom. The molecule has 0 aromatic heterocycles. The van der Waals surface area contributed by atoms with Gasteiger partial charge in [-0.15, -0.1) is 0 Å². The summed E-state index contributed by atoms with van der Waals surface area (Å²) in [5.74, 6) is -2.24. The third kappa shape index (κ3) is 6.01. The smallest absolute Gasteiger partial charge is 0.335 e. The largest absolute Gasteiger partial charge is 0.481 e. The van der Waals surface area contributed by atoms with Gasteiger partial charge in [0.25, 0.3) is 0 Å². The molecule has 5 aliphatic carbocycles. The number of aliphatic carboxylic acids is 2. The Morgan fingerprint density at radius 2 is 1.38 bits per heavy atom. The number of aliphatic hydroxyl groups excluding tert-OH is 6. The van der Waals surface area contributed by atoms with Crippen LogP contribution in [0.4, 0.5) is 0 Å². The molecule has 0 amide bonds. The minimum atomic E-state index is -1.83. The highest BCUT2D eigenvalue weighted by Gasteiger charge is 2.71. The Balaban J connectivity index is 1.11. The van der Waals surface area contributed by atoms with E-state index >= 15 is 0 Å². The van der Waals surface area contributed by atoms with E-state index in [0.29, 0.717) is 19.3 Å². The SMILES string of the molecule is C[C@@H]1O[C@@H](O[C@H]2[C@H](O)[C@@H](O)[C@H](O[C@H]3CC[C@@]4(C)[C@H](CC[C@]5(C)[C@@H]4CC=C4[C@@H]6CC(C)(C)CC[C@]6(C(=O)O)[C@H](O)C[C@]45C)C3(C)C)O[C@@H]2C(=O)O)[C@H](O)[C@H](O)[C@H]1O. The van der Waals surface area contributed by atoms with Gasteiger partial charge in [-0.1, -0.05) is 60.1 Å². The van der Waals surface area contributed by atoms with E-state index < -0.39 is 102 Å². The summed E-state index contributed by atoms with van der Waals surface area (Å²) < 4.78 is 23.5. The van der Waals surface area contributed by atoms with Gasteiger partial charge in [0.1, 0.15) is 42.0 Å². The van der Waals surface area contributed by atoms with E-state index in [0.717, 1.165) is 38.5 Å². The van der Waals surface area contributed by atoms with Crippen molar-refractivity contribution < 1.29 is 69.4 Å². The number of allylic oxidation sites excluding steroid dienone is 2. The predicted octanol–water partition coefficient (Wildman–Crippen LogP) is 2.97. The molecule has 318 valence electrons. The van der Waals surface area contributed by atoms with Gasteiger partial charge >= 0.3 is 11.9 Å². The number of carboxylic acid groups (broad SMARTS) is 2. The van der Waals surface area contributed by atoms with Crippen molar-refractivity contribution in [1.29, 1.82) is 0 Å². The molecule has 0 aromatic rings. The highest BCUT2D eigenvalue weighted by atomic mass is 16.7. The summed E-state index contributed by atoms with van der Waals surface area (Å²) in [6, 6.07) is 0. The molecule has 8 N–H and O–H groups in total. The number of hydrogen-bond donors (Lipinski definition) is 8. The average molecular weight is 795 g/mol. The number of fused-ring (bicyclic) bond motifs is 7. The van der Waals surface area contributed by atoms with Crippen molar-refractivity contribution >= 4 is 11.9 Å². The maximum Gasteiger partial charge on any atom is 0.335 e. The Labute approximate surface area is 329 Å². The normalized spacial score (nSPS) is 53.7. The second-order valence-electron chi connectivity index (χ2n) is 20.8. The number of carbonyl (C=O) groups is 2. The molecule has 6 fully saturated rings. The lowest BCUT2D eigenvalue weighted by Crippen LogP contribution is -2.68. The van der Waals surface area contributed by atoms with Crippen LogP contribution in [0.15, 0.2) is 11.6 Å². The molecule has 0 aromatic carbocycles. The number of aliphatic hydroxyl groups is 6. The maximum absolute atomic E-state index is 13.1. The minimum absolute atomic E-state index is 0.0324. The van der Waals surface area contributed by atoms with Crippen LogP contribution in [0.3, 0.4) is 0 Å². The van der Waals surface area contributed by atoms with Crippen LogP contribution in [0.5, 0.6) is 0 Å². The molecule has 2 saturated heterocycles. The Bertz CT molecular complexity index is 1580. The number of ether oxygens (including phenoxy) is 4.